The second kappa shape index (κ2) is 5.29. The lowest BCUT2D eigenvalue weighted by molar-refractivity contribution is 0.202. The van der Waals surface area contributed by atoms with Gasteiger partial charge in [0.25, 0.3) is 0 Å². The highest BCUT2D eigenvalue weighted by Crippen LogP contribution is 2.27. The quantitative estimate of drug-likeness (QED) is 0.915. The minimum absolute atomic E-state index is 0.601. The molecule has 0 saturated carbocycles. The summed E-state index contributed by atoms with van der Waals surface area (Å²) in [4.78, 5) is 4.19. The number of halogens is 2. The van der Waals surface area contributed by atoms with Gasteiger partial charge in [-0.2, -0.15) is 5.10 Å². The Bertz CT molecular complexity index is 510. The van der Waals surface area contributed by atoms with Crippen LogP contribution in [0.4, 0.5) is 0 Å². The van der Waals surface area contributed by atoms with Crippen molar-refractivity contribution in [3.8, 4) is 0 Å². The third-order valence-electron chi connectivity index (χ3n) is 2.42. The topological polar surface area (TPSA) is 50.9 Å². The first-order valence-corrected chi connectivity index (χ1v) is 6.72. The van der Waals surface area contributed by atoms with E-state index in [1.165, 1.54) is 0 Å². The van der Waals surface area contributed by atoms with Gasteiger partial charge in [-0.25, -0.2) is 0 Å². The Morgan fingerprint density at radius 3 is 2.71 bits per heavy atom. The zero-order valence-corrected chi connectivity index (χ0v) is 12.3. The summed E-state index contributed by atoms with van der Waals surface area (Å²) in [5.41, 5.74) is 1.33. The predicted molar refractivity (Wildman–Crippen MR) is 71.6 cm³/mol. The molecule has 17 heavy (non-hydrogen) atoms. The molecule has 0 aliphatic carbocycles. The third kappa shape index (κ3) is 2.59. The minimum Gasteiger partial charge on any atom is -0.380 e. The normalized spacial score (nSPS) is 12.7. The van der Waals surface area contributed by atoms with E-state index >= 15 is 0 Å². The molecule has 1 atom stereocenters. The highest BCUT2D eigenvalue weighted by Gasteiger charge is 2.19. The molecular formula is C11H11Br2N3O. The summed E-state index contributed by atoms with van der Waals surface area (Å²) in [6.07, 6.45) is 2.57. The van der Waals surface area contributed by atoms with Crippen LogP contribution in [0.25, 0.3) is 0 Å². The molecule has 0 aliphatic heterocycles. The monoisotopic (exact) mass is 359 g/mol. The largest absolute Gasteiger partial charge is 0.380 e. The van der Waals surface area contributed by atoms with Gasteiger partial charge in [0.1, 0.15) is 6.10 Å². The molecule has 0 spiro atoms. The molecule has 0 radical (unpaired) electrons. The molecular weight excluding hydrogens is 350 g/mol. The van der Waals surface area contributed by atoms with Gasteiger partial charge >= 0.3 is 0 Å². The second-order valence-electron chi connectivity index (χ2n) is 3.50. The van der Waals surface area contributed by atoms with E-state index < -0.39 is 6.10 Å². The van der Waals surface area contributed by atoms with Gasteiger partial charge in [0.05, 0.1) is 22.1 Å². The molecule has 2 heterocycles. The van der Waals surface area contributed by atoms with Gasteiger partial charge in [-0.3, -0.25) is 9.67 Å². The second-order valence-corrected chi connectivity index (χ2v) is 5.27. The Hall–Kier alpha value is -0.720. The molecule has 1 N–H and O–H groups in total. The first-order valence-electron chi connectivity index (χ1n) is 5.14. The van der Waals surface area contributed by atoms with E-state index in [4.69, 9.17) is 0 Å². The van der Waals surface area contributed by atoms with E-state index in [9.17, 15) is 5.11 Å². The zero-order chi connectivity index (χ0) is 12.4. The molecule has 0 fully saturated rings. The average molecular weight is 361 g/mol. The summed E-state index contributed by atoms with van der Waals surface area (Å²) in [7, 11) is 0. The first kappa shape index (κ1) is 12.7. The molecule has 2 aromatic heterocycles. The SMILES string of the molecule is CCn1ncc(Br)c1C(O)c1ccc(Br)cn1. The molecule has 4 nitrogen and oxygen atoms in total. The number of aryl methyl sites for hydroxylation is 1. The molecule has 2 rings (SSSR count). The van der Waals surface area contributed by atoms with Crippen LogP contribution in [0.1, 0.15) is 24.4 Å². The molecule has 0 aliphatic rings. The number of pyridine rings is 1. The fourth-order valence-corrected chi connectivity index (χ4v) is 2.33. The van der Waals surface area contributed by atoms with Crippen molar-refractivity contribution in [3.63, 3.8) is 0 Å². The van der Waals surface area contributed by atoms with Gasteiger partial charge in [-0.15, -0.1) is 0 Å². The Morgan fingerprint density at radius 2 is 2.12 bits per heavy atom. The van der Waals surface area contributed by atoms with E-state index in [1.54, 1.807) is 23.1 Å². The fraction of sp³-hybridized carbons (Fsp3) is 0.273. The Balaban J connectivity index is 2.39. The lowest BCUT2D eigenvalue weighted by atomic mass is 10.1. The number of rotatable bonds is 3. The van der Waals surface area contributed by atoms with Crippen molar-refractivity contribution in [1.82, 2.24) is 14.8 Å². The van der Waals surface area contributed by atoms with Crippen LogP contribution in [-0.4, -0.2) is 19.9 Å². The summed E-state index contributed by atoms with van der Waals surface area (Å²) in [6, 6.07) is 3.64. The Morgan fingerprint density at radius 1 is 1.35 bits per heavy atom. The molecule has 0 saturated heterocycles. The molecule has 1 unspecified atom stereocenters. The lowest BCUT2D eigenvalue weighted by Gasteiger charge is -2.12. The third-order valence-corrected chi connectivity index (χ3v) is 3.50. The van der Waals surface area contributed by atoms with E-state index in [0.717, 1.165) is 14.6 Å². The Kier molecular flexibility index (Phi) is 3.96. The number of aromatic nitrogens is 3. The number of hydrogen-bond acceptors (Lipinski definition) is 3. The maximum atomic E-state index is 10.3. The highest BCUT2D eigenvalue weighted by molar-refractivity contribution is 9.10. The van der Waals surface area contributed by atoms with Crippen molar-refractivity contribution in [2.45, 2.75) is 19.6 Å². The summed E-state index contributed by atoms with van der Waals surface area (Å²) < 4.78 is 3.42. The summed E-state index contributed by atoms with van der Waals surface area (Å²) in [5, 5.41) is 14.5. The van der Waals surface area contributed by atoms with Gasteiger partial charge in [-0.05, 0) is 50.9 Å². The van der Waals surface area contributed by atoms with Crippen LogP contribution >= 0.6 is 31.9 Å². The van der Waals surface area contributed by atoms with Crippen LogP contribution in [0, 0.1) is 0 Å². The smallest absolute Gasteiger partial charge is 0.139 e. The van der Waals surface area contributed by atoms with E-state index in [0.29, 0.717) is 12.2 Å². The number of nitrogens with zero attached hydrogens (tertiary/aromatic N) is 3. The van der Waals surface area contributed by atoms with Gasteiger partial charge in [0.2, 0.25) is 0 Å². The highest BCUT2D eigenvalue weighted by atomic mass is 79.9. The average Bonchev–Trinajstić information content (AvgIpc) is 2.70. The van der Waals surface area contributed by atoms with Gasteiger partial charge in [0.15, 0.2) is 0 Å². The lowest BCUT2D eigenvalue weighted by Crippen LogP contribution is -2.10. The predicted octanol–water partition coefficient (Wildman–Crippen LogP) is 2.90. The van der Waals surface area contributed by atoms with Crippen molar-refractivity contribution in [3.05, 3.63) is 44.9 Å². The van der Waals surface area contributed by atoms with Crippen LogP contribution in [-0.2, 0) is 6.54 Å². The number of aliphatic hydroxyl groups excluding tert-OH is 1. The fourth-order valence-electron chi connectivity index (χ4n) is 1.58. The Labute approximate surface area is 116 Å². The molecule has 0 amide bonds. The van der Waals surface area contributed by atoms with Crippen LogP contribution in [0.3, 0.4) is 0 Å². The maximum absolute atomic E-state index is 10.3. The van der Waals surface area contributed by atoms with Gasteiger partial charge in [0, 0.05) is 17.2 Å². The standard InChI is InChI=1S/C11H11Br2N3O/c1-2-16-10(8(13)6-15-16)11(17)9-4-3-7(12)5-14-9/h3-6,11,17H,2H2,1H3. The van der Waals surface area contributed by atoms with Gasteiger partial charge in [-0.1, -0.05) is 0 Å². The minimum atomic E-state index is -0.778. The van der Waals surface area contributed by atoms with Crippen molar-refractivity contribution in [1.29, 1.82) is 0 Å². The van der Waals surface area contributed by atoms with Crippen LogP contribution in [0.2, 0.25) is 0 Å². The number of hydrogen-bond donors (Lipinski definition) is 1. The van der Waals surface area contributed by atoms with Crippen LogP contribution in [0.15, 0.2) is 33.5 Å². The molecule has 90 valence electrons. The first-order chi connectivity index (χ1) is 8.13. The molecule has 0 bridgehead atoms. The van der Waals surface area contributed by atoms with E-state index in [-0.39, 0.29) is 0 Å². The van der Waals surface area contributed by atoms with Crippen molar-refractivity contribution in [2.24, 2.45) is 0 Å². The van der Waals surface area contributed by atoms with E-state index in [1.807, 2.05) is 13.0 Å². The van der Waals surface area contributed by atoms with Crippen molar-refractivity contribution >= 4 is 31.9 Å². The molecule has 2 aromatic rings. The molecule has 0 aromatic carbocycles. The summed E-state index contributed by atoms with van der Waals surface area (Å²) >= 11 is 6.70. The number of aliphatic hydroxyl groups is 1. The van der Waals surface area contributed by atoms with Crippen LogP contribution in [0.5, 0.6) is 0 Å². The van der Waals surface area contributed by atoms with Crippen molar-refractivity contribution in [2.75, 3.05) is 0 Å². The summed E-state index contributed by atoms with van der Waals surface area (Å²) in [6.45, 7) is 2.68. The molecule has 6 heteroatoms. The summed E-state index contributed by atoms with van der Waals surface area (Å²) in [5.74, 6) is 0. The van der Waals surface area contributed by atoms with Gasteiger partial charge < -0.3 is 5.11 Å². The zero-order valence-electron chi connectivity index (χ0n) is 9.14. The maximum Gasteiger partial charge on any atom is 0.139 e. The van der Waals surface area contributed by atoms with E-state index in [2.05, 4.69) is 41.9 Å². The van der Waals surface area contributed by atoms with Crippen LogP contribution < -0.4 is 0 Å². The van der Waals surface area contributed by atoms with Crippen molar-refractivity contribution < 1.29 is 5.11 Å².